The highest BCUT2D eigenvalue weighted by Gasteiger charge is 2.24. The zero-order chi connectivity index (χ0) is 22.6. The van der Waals surface area contributed by atoms with Gasteiger partial charge in [-0.2, -0.15) is 0 Å². The lowest BCUT2D eigenvalue weighted by atomic mass is 10.1. The molecule has 3 aromatic rings. The average molecular weight is 490 g/mol. The summed E-state index contributed by atoms with van der Waals surface area (Å²) in [5, 5.41) is 2.67. The number of nitrogens with one attached hydrogen (secondary N) is 1. The Morgan fingerprint density at radius 3 is 2.34 bits per heavy atom. The Kier molecular flexibility index (Phi) is 7.15. The van der Waals surface area contributed by atoms with E-state index in [0.29, 0.717) is 49.7 Å². The lowest BCUT2D eigenvalue weighted by Gasteiger charge is -2.36. The van der Waals surface area contributed by atoms with Crippen LogP contribution in [0.1, 0.15) is 15.2 Å². The maximum absolute atomic E-state index is 12.9. The van der Waals surface area contributed by atoms with Gasteiger partial charge in [0.2, 0.25) is 10.0 Å². The number of hydrogen-bond donors (Lipinski definition) is 1. The molecule has 1 saturated heterocycles. The van der Waals surface area contributed by atoms with Crippen molar-refractivity contribution in [2.45, 2.75) is 11.3 Å². The van der Waals surface area contributed by atoms with Crippen molar-refractivity contribution in [3.63, 3.8) is 0 Å². The number of carbonyl (C=O) groups is 1. The van der Waals surface area contributed by atoms with Crippen molar-refractivity contribution in [2.24, 2.45) is 0 Å². The second-order valence-electron chi connectivity index (χ2n) is 7.48. The quantitative estimate of drug-likeness (QED) is 0.546. The molecule has 0 radical (unpaired) electrons. The van der Waals surface area contributed by atoms with Crippen LogP contribution in [-0.2, 0) is 16.4 Å². The largest absolute Gasteiger partial charge is 0.367 e. The SMILES string of the molecule is O=C(c1ccc(S(=O)(=O)NCCc2cccs2)cc1)N1CCN(c2ccccc2Cl)CC1. The molecule has 168 valence electrons. The second-order valence-corrected chi connectivity index (χ2v) is 10.7. The second kappa shape index (κ2) is 10.0. The minimum atomic E-state index is -3.61. The number of carbonyl (C=O) groups excluding carboxylic acids is 1. The van der Waals surface area contributed by atoms with Crippen LogP contribution in [0, 0.1) is 0 Å². The lowest BCUT2D eigenvalue weighted by molar-refractivity contribution is 0.0746. The highest BCUT2D eigenvalue weighted by Crippen LogP contribution is 2.26. The molecular weight excluding hydrogens is 466 g/mol. The monoisotopic (exact) mass is 489 g/mol. The van der Waals surface area contributed by atoms with Crippen LogP contribution in [0.3, 0.4) is 0 Å². The van der Waals surface area contributed by atoms with Gasteiger partial charge < -0.3 is 9.80 Å². The smallest absolute Gasteiger partial charge is 0.253 e. The van der Waals surface area contributed by atoms with E-state index in [1.807, 2.05) is 41.8 Å². The fourth-order valence-electron chi connectivity index (χ4n) is 3.66. The third kappa shape index (κ3) is 5.32. The molecule has 0 bridgehead atoms. The Bertz CT molecular complexity index is 1160. The molecular formula is C23H24ClN3O3S2. The number of anilines is 1. The van der Waals surface area contributed by atoms with Crippen LogP contribution in [0.15, 0.2) is 70.9 Å². The van der Waals surface area contributed by atoms with Gasteiger partial charge in [-0.1, -0.05) is 29.8 Å². The molecule has 0 atom stereocenters. The molecule has 1 aliphatic rings. The van der Waals surface area contributed by atoms with Crippen molar-refractivity contribution < 1.29 is 13.2 Å². The number of thiophene rings is 1. The van der Waals surface area contributed by atoms with E-state index >= 15 is 0 Å². The number of hydrogen-bond acceptors (Lipinski definition) is 5. The molecule has 32 heavy (non-hydrogen) atoms. The molecule has 1 N–H and O–H groups in total. The number of halogens is 1. The molecule has 1 aliphatic heterocycles. The van der Waals surface area contributed by atoms with Crippen LogP contribution >= 0.6 is 22.9 Å². The maximum atomic E-state index is 12.9. The van der Waals surface area contributed by atoms with E-state index in [-0.39, 0.29) is 10.8 Å². The van der Waals surface area contributed by atoms with Crippen LogP contribution in [0.5, 0.6) is 0 Å². The third-order valence-corrected chi connectivity index (χ3v) is 8.15. The van der Waals surface area contributed by atoms with Gasteiger partial charge in [0.25, 0.3) is 5.91 Å². The Morgan fingerprint density at radius 1 is 0.969 bits per heavy atom. The molecule has 1 aromatic heterocycles. The minimum Gasteiger partial charge on any atom is -0.367 e. The molecule has 2 heterocycles. The van der Waals surface area contributed by atoms with Gasteiger partial charge in [-0.15, -0.1) is 11.3 Å². The summed E-state index contributed by atoms with van der Waals surface area (Å²) in [6, 6.07) is 17.7. The Hall–Kier alpha value is -2.39. The molecule has 6 nitrogen and oxygen atoms in total. The lowest BCUT2D eigenvalue weighted by Crippen LogP contribution is -2.48. The van der Waals surface area contributed by atoms with Crippen molar-refractivity contribution >= 4 is 44.6 Å². The predicted octanol–water partition coefficient (Wildman–Crippen LogP) is 3.88. The summed E-state index contributed by atoms with van der Waals surface area (Å²) in [6.45, 7) is 2.87. The number of para-hydroxylation sites is 1. The van der Waals surface area contributed by atoms with E-state index < -0.39 is 10.0 Å². The summed E-state index contributed by atoms with van der Waals surface area (Å²) in [7, 11) is -3.61. The van der Waals surface area contributed by atoms with Crippen LogP contribution in [0.25, 0.3) is 0 Å². The summed E-state index contributed by atoms with van der Waals surface area (Å²) < 4.78 is 27.7. The van der Waals surface area contributed by atoms with Crippen LogP contribution in [-0.4, -0.2) is 51.9 Å². The molecule has 1 fully saturated rings. The Labute approximate surface area is 197 Å². The Balaban J connectivity index is 1.33. The predicted molar refractivity (Wildman–Crippen MR) is 129 cm³/mol. The van der Waals surface area contributed by atoms with Gasteiger partial charge in [0.05, 0.1) is 15.6 Å². The molecule has 1 amide bonds. The number of rotatable bonds is 7. The van der Waals surface area contributed by atoms with Crippen molar-refractivity contribution in [3.05, 3.63) is 81.5 Å². The zero-order valence-corrected chi connectivity index (χ0v) is 19.8. The van der Waals surface area contributed by atoms with E-state index in [1.165, 1.54) is 12.1 Å². The number of amides is 1. The molecule has 2 aromatic carbocycles. The zero-order valence-electron chi connectivity index (χ0n) is 17.4. The van der Waals surface area contributed by atoms with Gasteiger partial charge in [-0.3, -0.25) is 4.79 Å². The topological polar surface area (TPSA) is 69.7 Å². The fraction of sp³-hybridized carbons (Fsp3) is 0.261. The van der Waals surface area contributed by atoms with Gasteiger partial charge in [-0.05, 0) is 54.3 Å². The third-order valence-electron chi connectivity index (χ3n) is 5.42. The molecule has 0 spiro atoms. The fourth-order valence-corrected chi connectivity index (χ4v) is 5.66. The molecule has 0 aliphatic carbocycles. The van der Waals surface area contributed by atoms with E-state index in [1.54, 1.807) is 28.4 Å². The highest BCUT2D eigenvalue weighted by atomic mass is 35.5. The first-order valence-electron chi connectivity index (χ1n) is 10.3. The first kappa shape index (κ1) is 22.8. The summed E-state index contributed by atoms with van der Waals surface area (Å²) in [6.07, 6.45) is 0.646. The first-order chi connectivity index (χ1) is 15.4. The van der Waals surface area contributed by atoms with Gasteiger partial charge in [0, 0.05) is 43.2 Å². The van der Waals surface area contributed by atoms with Gasteiger partial charge in [0.15, 0.2) is 0 Å². The van der Waals surface area contributed by atoms with E-state index in [0.717, 1.165) is 10.6 Å². The van der Waals surface area contributed by atoms with Gasteiger partial charge >= 0.3 is 0 Å². The average Bonchev–Trinajstić information content (AvgIpc) is 3.33. The van der Waals surface area contributed by atoms with Crippen molar-refractivity contribution in [1.29, 1.82) is 0 Å². The summed E-state index contributed by atoms with van der Waals surface area (Å²) in [5.41, 5.74) is 1.45. The van der Waals surface area contributed by atoms with Crippen LogP contribution in [0.4, 0.5) is 5.69 Å². The summed E-state index contributed by atoms with van der Waals surface area (Å²) >= 11 is 7.89. The molecule has 9 heteroatoms. The minimum absolute atomic E-state index is 0.0987. The van der Waals surface area contributed by atoms with Crippen molar-refractivity contribution in [2.75, 3.05) is 37.6 Å². The number of benzene rings is 2. The van der Waals surface area contributed by atoms with E-state index in [9.17, 15) is 13.2 Å². The van der Waals surface area contributed by atoms with Crippen LogP contribution in [0.2, 0.25) is 5.02 Å². The number of piperazine rings is 1. The highest BCUT2D eigenvalue weighted by molar-refractivity contribution is 7.89. The summed E-state index contributed by atoms with van der Waals surface area (Å²) in [4.78, 5) is 18.1. The van der Waals surface area contributed by atoms with Crippen molar-refractivity contribution in [1.82, 2.24) is 9.62 Å². The standard InChI is InChI=1S/C23H24ClN3O3S2/c24-21-5-1-2-6-22(21)26-13-15-27(16-14-26)23(28)18-7-9-20(10-8-18)32(29,30)25-12-11-19-4-3-17-31-19/h1-10,17,25H,11-16H2. The van der Waals surface area contributed by atoms with Crippen molar-refractivity contribution in [3.8, 4) is 0 Å². The maximum Gasteiger partial charge on any atom is 0.253 e. The number of sulfonamides is 1. The van der Waals surface area contributed by atoms with Crippen LogP contribution < -0.4 is 9.62 Å². The molecule has 0 unspecified atom stereocenters. The first-order valence-corrected chi connectivity index (χ1v) is 13.1. The Morgan fingerprint density at radius 2 is 1.69 bits per heavy atom. The molecule has 4 rings (SSSR count). The van der Waals surface area contributed by atoms with E-state index in [2.05, 4.69) is 9.62 Å². The normalized spacial score (nSPS) is 14.5. The van der Waals surface area contributed by atoms with Gasteiger partial charge in [0.1, 0.15) is 0 Å². The molecule has 0 saturated carbocycles. The summed E-state index contributed by atoms with van der Waals surface area (Å²) in [5.74, 6) is -0.0987. The van der Waals surface area contributed by atoms with Gasteiger partial charge in [-0.25, -0.2) is 13.1 Å². The van der Waals surface area contributed by atoms with E-state index in [4.69, 9.17) is 11.6 Å². The number of nitrogens with zero attached hydrogens (tertiary/aromatic N) is 2.